The van der Waals surface area contributed by atoms with Gasteiger partial charge >= 0.3 is 0 Å². The molecule has 88 heavy (non-hydrogen) atoms. The minimum atomic E-state index is -0.102. The molecule has 12 rings (SSSR count). The summed E-state index contributed by atoms with van der Waals surface area (Å²) in [5.41, 5.74) is 28.6. The first kappa shape index (κ1) is 60.6. The molecule has 4 nitrogen and oxygen atoms in total. The molecule has 10 aromatic carbocycles. The smallest absolute Gasteiger partial charge is 0.152 e. The molecule has 0 bridgehead atoms. The van der Waals surface area contributed by atoms with Gasteiger partial charge in [0.2, 0.25) is 0 Å². The topological polar surface area (TPSA) is 74.6 Å². The minimum Gasteiger partial charge on any atom is -0.383 e. The number of hydrogen-bond acceptors (Lipinski definition) is 2. The van der Waals surface area contributed by atoms with Crippen LogP contribution in [-0.2, 0) is 5.41 Å². The Labute approximate surface area is 521 Å². The quantitative estimate of drug-likeness (QED) is 0.0876. The number of nitrogens with two attached hydrogens (primary N) is 1. The number of aliphatic imine (C=N–C) groups is 2. The highest BCUT2D eigenvalue weighted by atomic mass is 14.9. The molecule has 1 atom stereocenters. The summed E-state index contributed by atoms with van der Waals surface area (Å²) in [6.07, 6.45) is 21.4. The van der Waals surface area contributed by atoms with Gasteiger partial charge in [0, 0.05) is 27.8 Å². The molecule has 2 aliphatic rings. The average Bonchev–Trinajstić information content (AvgIpc) is 2.87. The Morgan fingerprint density at radius 3 is 1.25 bits per heavy atom. The summed E-state index contributed by atoms with van der Waals surface area (Å²) in [6, 6.07) is 88.4. The SMILES string of the molecule is C=C(N=C(N)c1cc(-c2ccccc2)cc(-c2ccccc2)c1)c1cc(-c2ccccc2)cc(-c2ccccc2)c1.CC(=NC(=N)c1cc(C2=CC=CCC=C2)cc(-c2ccccc2)c1)c1cc(-c2ccccc2)cc(C2(C)C=CC=CC2)c1.CC(C)C. The van der Waals surface area contributed by atoms with E-state index in [1.165, 1.54) is 11.1 Å². The predicted molar refractivity (Wildman–Crippen MR) is 379 cm³/mol. The van der Waals surface area contributed by atoms with Crippen LogP contribution in [-0.4, -0.2) is 17.4 Å². The number of benzene rings is 10. The van der Waals surface area contributed by atoms with Crippen molar-refractivity contribution >= 4 is 28.7 Å². The van der Waals surface area contributed by atoms with E-state index in [-0.39, 0.29) is 11.3 Å². The van der Waals surface area contributed by atoms with E-state index in [0.717, 1.165) is 119 Å². The maximum absolute atomic E-state index is 9.17. The molecule has 0 amide bonds. The fourth-order valence-corrected chi connectivity index (χ4v) is 10.7. The lowest BCUT2D eigenvalue weighted by molar-refractivity contribution is 0.600. The molecule has 1 unspecified atom stereocenters. The molecule has 3 N–H and O–H groups in total. The highest BCUT2D eigenvalue weighted by molar-refractivity contribution is 6.11. The second-order valence-corrected chi connectivity index (χ2v) is 23.2. The standard InChI is InChI=1S/C41H36N2.C39H30N2.C4H10/c1-30(34-24-37(33-20-12-6-13-21-33)29-39(28-34)41(2)22-14-7-15-23-41)43-40(42)38-26-35(31-16-8-3-4-9-17-31)25-36(27-38)32-18-10-5-11-19-32;1-28(33-22-34(29-14-6-2-7-15-29)24-35(23-33)30-16-8-3-9-17-30)41-39(40)38-26-36(31-18-10-4-11-19-31)25-37(27-38)32-20-12-5-13-21-32;1-4(2)3/h3,5-22,24-29,42H,4,23H2,1-2H3;2-27H,1H2,(H2,40,41);4H,1-3H3. The second kappa shape index (κ2) is 29.0. The van der Waals surface area contributed by atoms with Crippen molar-refractivity contribution < 1.29 is 0 Å². The van der Waals surface area contributed by atoms with Crippen LogP contribution in [0.5, 0.6) is 0 Å². The lowest BCUT2D eigenvalue weighted by Gasteiger charge is -2.28. The van der Waals surface area contributed by atoms with Crippen LogP contribution in [0.3, 0.4) is 0 Å². The van der Waals surface area contributed by atoms with Crippen molar-refractivity contribution in [2.75, 3.05) is 0 Å². The Morgan fingerprint density at radius 1 is 0.432 bits per heavy atom. The summed E-state index contributed by atoms with van der Waals surface area (Å²) in [6.45, 7) is 15.2. The van der Waals surface area contributed by atoms with Gasteiger partial charge in [-0.05, 0) is 181 Å². The average molecular weight is 1140 g/mol. The van der Waals surface area contributed by atoms with E-state index in [9.17, 15) is 0 Å². The molecule has 0 aromatic heterocycles. The Balaban J connectivity index is 0.000000184. The van der Waals surface area contributed by atoms with Crippen LogP contribution >= 0.6 is 0 Å². The molecule has 0 radical (unpaired) electrons. The number of amidine groups is 2. The molecular formula is C84H76N4. The first-order valence-corrected chi connectivity index (χ1v) is 30.4. The second-order valence-electron chi connectivity index (χ2n) is 23.2. The van der Waals surface area contributed by atoms with Gasteiger partial charge in [-0.3, -0.25) is 5.41 Å². The van der Waals surface area contributed by atoms with Crippen molar-refractivity contribution in [3.05, 3.63) is 349 Å². The van der Waals surface area contributed by atoms with E-state index in [2.05, 4.69) is 283 Å². The Kier molecular flexibility index (Phi) is 20.0. The third-order valence-corrected chi connectivity index (χ3v) is 15.5. The van der Waals surface area contributed by atoms with E-state index in [0.29, 0.717) is 11.5 Å². The van der Waals surface area contributed by atoms with Crippen molar-refractivity contribution in [2.24, 2.45) is 21.6 Å². The van der Waals surface area contributed by atoms with Crippen LogP contribution in [0.1, 0.15) is 80.8 Å². The summed E-state index contributed by atoms with van der Waals surface area (Å²) < 4.78 is 0. The highest BCUT2D eigenvalue weighted by Crippen LogP contribution is 2.37. The minimum absolute atomic E-state index is 0.102. The van der Waals surface area contributed by atoms with Crippen LogP contribution in [0.2, 0.25) is 0 Å². The Morgan fingerprint density at radius 2 is 0.818 bits per heavy atom. The molecule has 432 valence electrons. The number of nitrogens with one attached hydrogen (secondary N) is 1. The fraction of sp³-hybridized carbons (Fsp3) is 0.107. The molecule has 0 aliphatic heterocycles. The van der Waals surface area contributed by atoms with Gasteiger partial charge in [-0.25, -0.2) is 9.98 Å². The third-order valence-electron chi connectivity index (χ3n) is 15.5. The predicted octanol–water partition coefficient (Wildman–Crippen LogP) is 21.9. The van der Waals surface area contributed by atoms with Gasteiger partial charge in [-0.1, -0.05) is 277 Å². The van der Waals surface area contributed by atoms with Crippen LogP contribution in [0.4, 0.5) is 0 Å². The van der Waals surface area contributed by atoms with Crippen LogP contribution in [0.15, 0.2) is 326 Å². The van der Waals surface area contributed by atoms with Gasteiger partial charge in [0.25, 0.3) is 0 Å². The first-order valence-electron chi connectivity index (χ1n) is 30.4. The number of nitrogens with zero attached hydrogens (tertiary/aromatic N) is 2. The summed E-state index contributed by atoms with van der Waals surface area (Å²) >= 11 is 0. The molecule has 4 heteroatoms. The van der Waals surface area contributed by atoms with Crippen LogP contribution in [0, 0.1) is 11.3 Å². The zero-order chi connectivity index (χ0) is 61.2. The monoisotopic (exact) mass is 1140 g/mol. The van der Waals surface area contributed by atoms with E-state index < -0.39 is 0 Å². The van der Waals surface area contributed by atoms with Crippen LogP contribution < -0.4 is 5.73 Å². The molecule has 0 saturated carbocycles. The van der Waals surface area contributed by atoms with E-state index in [1.54, 1.807) is 0 Å². The van der Waals surface area contributed by atoms with Gasteiger partial charge in [0.1, 0.15) is 5.84 Å². The fourth-order valence-electron chi connectivity index (χ4n) is 10.7. The lowest BCUT2D eigenvalue weighted by atomic mass is 9.76. The highest BCUT2D eigenvalue weighted by Gasteiger charge is 2.25. The first-order chi connectivity index (χ1) is 42.9. The Hall–Kier alpha value is -10.6. The largest absolute Gasteiger partial charge is 0.383 e. The van der Waals surface area contributed by atoms with Crippen molar-refractivity contribution in [1.29, 1.82) is 5.41 Å². The van der Waals surface area contributed by atoms with E-state index >= 15 is 0 Å². The summed E-state index contributed by atoms with van der Waals surface area (Å²) in [5, 5.41) is 9.17. The molecule has 0 spiro atoms. The van der Waals surface area contributed by atoms with Crippen molar-refractivity contribution in [1.82, 2.24) is 0 Å². The number of allylic oxidation sites excluding steroid dienone is 10. The zero-order valence-corrected chi connectivity index (χ0v) is 51.1. The van der Waals surface area contributed by atoms with Gasteiger partial charge in [0.15, 0.2) is 5.84 Å². The van der Waals surface area contributed by atoms with E-state index in [1.807, 2.05) is 67.6 Å². The van der Waals surface area contributed by atoms with Crippen molar-refractivity contribution in [3.63, 3.8) is 0 Å². The van der Waals surface area contributed by atoms with Gasteiger partial charge < -0.3 is 5.73 Å². The summed E-state index contributed by atoms with van der Waals surface area (Å²) in [5.74, 6) is 1.51. The number of rotatable bonds is 13. The van der Waals surface area contributed by atoms with Gasteiger partial charge in [-0.2, -0.15) is 0 Å². The lowest BCUT2D eigenvalue weighted by Crippen LogP contribution is -2.20. The maximum atomic E-state index is 9.17. The molecule has 0 fully saturated rings. The molecule has 2 aliphatic carbocycles. The number of hydrogen-bond donors (Lipinski definition) is 2. The molecule has 0 saturated heterocycles. The molecular weight excluding hydrogens is 1060 g/mol. The third kappa shape index (κ3) is 15.8. The summed E-state index contributed by atoms with van der Waals surface area (Å²) in [7, 11) is 0. The van der Waals surface area contributed by atoms with Crippen molar-refractivity contribution in [3.8, 4) is 66.8 Å². The summed E-state index contributed by atoms with van der Waals surface area (Å²) in [4.78, 5) is 9.77. The van der Waals surface area contributed by atoms with E-state index in [4.69, 9.17) is 21.1 Å². The van der Waals surface area contributed by atoms with Gasteiger partial charge in [-0.15, -0.1) is 0 Å². The zero-order valence-electron chi connectivity index (χ0n) is 51.1. The normalized spacial score (nSPS) is 14.4. The van der Waals surface area contributed by atoms with Crippen LogP contribution in [0.25, 0.3) is 78.0 Å². The maximum Gasteiger partial charge on any atom is 0.152 e. The Bertz CT molecular complexity index is 4140. The molecule has 10 aromatic rings. The van der Waals surface area contributed by atoms with Gasteiger partial charge in [0.05, 0.1) is 5.70 Å². The molecule has 0 heterocycles. The van der Waals surface area contributed by atoms with Crippen molar-refractivity contribution in [2.45, 2.75) is 52.9 Å².